The van der Waals surface area contributed by atoms with E-state index < -0.39 is 9.92 Å². The van der Waals surface area contributed by atoms with Crippen LogP contribution in [0, 0.1) is 0 Å². The highest BCUT2D eigenvalue weighted by Gasteiger charge is 2.35. The van der Waals surface area contributed by atoms with E-state index >= 15 is 0 Å². The van der Waals surface area contributed by atoms with Gasteiger partial charge in [0.15, 0.2) is 9.92 Å². The van der Waals surface area contributed by atoms with Gasteiger partial charge >= 0.3 is 0 Å². The average molecular weight is 334 g/mol. The third-order valence-corrected chi connectivity index (χ3v) is 6.03. The fraction of sp³-hybridized carbons (Fsp3) is 0. The molecule has 3 aromatic carbocycles. The molecule has 1 aliphatic heterocycles. The number of anilines is 1. The summed E-state index contributed by atoms with van der Waals surface area (Å²) < 4.78 is 19.6. The third-order valence-electron chi connectivity index (χ3n) is 3.83. The molecule has 0 spiro atoms. The molecule has 4 rings (SSSR count). The molecule has 1 amide bonds. The van der Waals surface area contributed by atoms with Crippen LogP contribution in [0.5, 0.6) is 0 Å². The zero-order valence-corrected chi connectivity index (χ0v) is 13.5. The smallest absolute Gasteiger partial charge is 0.268 e. The lowest BCUT2D eigenvalue weighted by molar-refractivity contribution is 0.101. The summed E-state index contributed by atoms with van der Waals surface area (Å²) in [5.74, 6) is -0.305. The Morgan fingerprint density at radius 1 is 0.750 bits per heavy atom. The maximum atomic E-state index is 13.9. The number of carbonyl (C=O) groups is 1. The predicted molar refractivity (Wildman–Crippen MR) is 94.6 cm³/mol. The molecular formula is C19H14N2O2S. The lowest BCUT2D eigenvalue weighted by Gasteiger charge is -2.30. The van der Waals surface area contributed by atoms with Gasteiger partial charge in [0.1, 0.15) is 0 Å². The third kappa shape index (κ3) is 2.21. The van der Waals surface area contributed by atoms with Crippen LogP contribution < -0.4 is 4.31 Å². The van der Waals surface area contributed by atoms with E-state index in [2.05, 4.69) is 4.36 Å². The monoisotopic (exact) mass is 334 g/mol. The van der Waals surface area contributed by atoms with E-state index in [0.717, 1.165) is 0 Å². The summed E-state index contributed by atoms with van der Waals surface area (Å²) in [6, 6.07) is 24.9. The summed E-state index contributed by atoms with van der Waals surface area (Å²) in [6.07, 6.45) is 0. The number of rotatable bonds is 2. The van der Waals surface area contributed by atoms with Crippen LogP contribution in [0.2, 0.25) is 0 Å². The van der Waals surface area contributed by atoms with Gasteiger partial charge in [0.25, 0.3) is 5.91 Å². The first-order valence-electron chi connectivity index (χ1n) is 7.51. The van der Waals surface area contributed by atoms with Gasteiger partial charge in [0, 0.05) is 0 Å². The van der Waals surface area contributed by atoms with Crippen molar-refractivity contribution in [3.8, 4) is 0 Å². The molecule has 1 atom stereocenters. The Labute approximate surface area is 140 Å². The molecule has 24 heavy (non-hydrogen) atoms. The van der Waals surface area contributed by atoms with E-state index in [1.165, 1.54) is 4.31 Å². The largest absolute Gasteiger partial charge is 0.273 e. The molecule has 0 fully saturated rings. The van der Waals surface area contributed by atoms with E-state index in [0.29, 0.717) is 21.8 Å². The molecule has 0 radical (unpaired) electrons. The van der Waals surface area contributed by atoms with Crippen molar-refractivity contribution >= 4 is 27.2 Å². The highest BCUT2D eigenvalue weighted by Crippen LogP contribution is 2.36. The standard InChI is InChI=1S/C19H14N2O2S/c22-19-17-13-7-8-14-18(17)20-24(23,16-11-5-2-6-12-16)21(19)15-9-3-1-4-10-15/h1-14H. The summed E-state index contributed by atoms with van der Waals surface area (Å²) in [4.78, 5) is 13.6. The first-order chi connectivity index (χ1) is 11.7. The van der Waals surface area contributed by atoms with Crippen molar-refractivity contribution in [1.29, 1.82) is 0 Å². The highest BCUT2D eigenvalue weighted by atomic mass is 32.2. The predicted octanol–water partition coefficient (Wildman–Crippen LogP) is 4.42. The minimum Gasteiger partial charge on any atom is -0.268 e. The molecule has 1 unspecified atom stereocenters. The van der Waals surface area contributed by atoms with Crippen molar-refractivity contribution < 1.29 is 9.00 Å². The fourth-order valence-electron chi connectivity index (χ4n) is 2.71. The van der Waals surface area contributed by atoms with E-state index in [1.807, 2.05) is 24.3 Å². The molecule has 1 heterocycles. The van der Waals surface area contributed by atoms with Crippen LogP contribution >= 0.6 is 0 Å². The number of para-hydroxylation sites is 1. The van der Waals surface area contributed by atoms with Gasteiger partial charge in [-0.05, 0) is 36.4 Å². The van der Waals surface area contributed by atoms with Crippen LogP contribution in [-0.4, -0.2) is 10.1 Å². The molecule has 118 valence electrons. The summed E-state index contributed by atoms with van der Waals surface area (Å²) in [5, 5.41) is 0. The maximum Gasteiger partial charge on any atom is 0.273 e. The molecule has 0 aromatic heterocycles. The Hall–Kier alpha value is -2.92. The molecule has 3 aromatic rings. The second-order valence-corrected chi connectivity index (χ2v) is 7.37. The number of hydrogen-bond donors (Lipinski definition) is 0. The van der Waals surface area contributed by atoms with Crippen LogP contribution in [-0.2, 0) is 9.92 Å². The minimum atomic E-state index is -3.12. The zero-order valence-electron chi connectivity index (χ0n) is 12.7. The Balaban J connectivity index is 2.05. The number of fused-ring (bicyclic) bond motifs is 1. The zero-order chi connectivity index (χ0) is 16.6. The van der Waals surface area contributed by atoms with Crippen molar-refractivity contribution in [2.45, 2.75) is 4.90 Å². The number of hydrogen-bond acceptors (Lipinski definition) is 3. The van der Waals surface area contributed by atoms with Gasteiger partial charge in [-0.2, -0.15) is 4.36 Å². The van der Waals surface area contributed by atoms with Gasteiger partial charge in [0.05, 0.1) is 21.8 Å². The average Bonchev–Trinajstić information content (AvgIpc) is 2.63. The lowest BCUT2D eigenvalue weighted by Crippen LogP contribution is -2.39. The number of nitrogens with zero attached hydrogens (tertiary/aromatic N) is 2. The number of amides is 1. The summed E-state index contributed by atoms with van der Waals surface area (Å²) >= 11 is 0. The molecule has 4 nitrogen and oxygen atoms in total. The number of carbonyl (C=O) groups excluding carboxylic acids is 1. The van der Waals surface area contributed by atoms with Crippen LogP contribution in [0.3, 0.4) is 0 Å². The molecule has 1 aliphatic rings. The second-order valence-electron chi connectivity index (χ2n) is 5.35. The lowest BCUT2D eigenvalue weighted by atomic mass is 10.1. The van der Waals surface area contributed by atoms with Crippen molar-refractivity contribution in [3.63, 3.8) is 0 Å². The minimum absolute atomic E-state index is 0.305. The Morgan fingerprint density at radius 2 is 1.33 bits per heavy atom. The normalized spacial score (nSPS) is 19.5. The first kappa shape index (κ1) is 14.7. The summed E-state index contributed by atoms with van der Waals surface area (Å²) in [6.45, 7) is 0. The Kier molecular flexibility index (Phi) is 3.43. The second kappa shape index (κ2) is 5.62. The molecule has 0 aliphatic carbocycles. The van der Waals surface area contributed by atoms with Crippen LogP contribution in [0.1, 0.15) is 10.4 Å². The molecule has 0 saturated carbocycles. The van der Waals surface area contributed by atoms with Crippen molar-refractivity contribution in [3.05, 3.63) is 90.5 Å². The van der Waals surface area contributed by atoms with E-state index in [1.54, 1.807) is 60.7 Å². The van der Waals surface area contributed by atoms with Crippen LogP contribution in [0.4, 0.5) is 11.4 Å². The van der Waals surface area contributed by atoms with Gasteiger partial charge in [0.2, 0.25) is 0 Å². The van der Waals surface area contributed by atoms with Crippen molar-refractivity contribution in [2.75, 3.05) is 4.31 Å². The maximum absolute atomic E-state index is 13.9. The first-order valence-corrected chi connectivity index (χ1v) is 8.98. The quantitative estimate of drug-likeness (QED) is 0.696. The summed E-state index contributed by atoms with van der Waals surface area (Å²) in [5.41, 5.74) is 1.48. The molecule has 0 bridgehead atoms. The van der Waals surface area contributed by atoms with Crippen LogP contribution in [0.25, 0.3) is 0 Å². The van der Waals surface area contributed by atoms with Crippen LogP contribution in [0.15, 0.2) is 94.2 Å². The molecule has 5 heteroatoms. The van der Waals surface area contributed by atoms with Gasteiger partial charge in [-0.3, -0.25) is 4.79 Å². The fourth-order valence-corrected chi connectivity index (χ4v) is 4.78. The van der Waals surface area contributed by atoms with E-state index in [4.69, 9.17) is 0 Å². The molecule has 0 saturated heterocycles. The van der Waals surface area contributed by atoms with Crippen molar-refractivity contribution in [2.24, 2.45) is 4.36 Å². The molecular weight excluding hydrogens is 320 g/mol. The highest BCUT2D eigenvalue weighted by molar-refractivity contribution is 7.96. The van der Waals surface area contributed by atoms with Gasteiger partial charge in [-0.1, -0.05) is 48.5 Å². The van der Waals surface area contributed by atoms with E-state index in [-0.39, 0.29) is 5.91 Å². The van der Waals surface area contributed by atoms with Gasteiger partial charge in [-0.15, -0.1) is 0 Å². The van der Waals surface area contributed by atoms with E-state index in [9.17, 15) is 9.00 Å². The Bertz CT molecular complexity index is 1020. The molecule has 0 N–H and O–H groups in total. The summed E-state index contributed by atoms with van der Waals surface area (Å²) in [7, 11) is -3.12. The SMILES string of the molecule is O=C1c2ccccc2N=S(=O)(c2ccccc2)N1c1ccccc1. The van der Waals surface area contributed by atoms with Crippen molar-refractivity contribution in [1.82, 2.24) is 0 Å². The topological polar surface area (TPSA) is 49.7 Å². The number of benzene rings is 3. The van der Waals surface area contributed by atoms with Gasteiger partial charge in [-0.25, -0.2) is 8.51 Å². The Morgan fingerprint density at radius 3 is 2.04 bits per heavy atom. The van der Waals surface area contributed by atoms with Gasteiger partial charge < -0.3 is 0 Å².